The Bertz CT molecular complexity index is 579. The van der Waals surface area contributed by atoms with E-state index in [2.05, 4.69) is 25.7 Å². The molecule has 7 heteroatoms. The van der Waals surface area contributed by atoms with Gasteiger partial charge in [0.1, 0.15) is 17.3 Å². The summed E-state index contributed by atoms with van der Waals surface area (Å²) < 4.78 is 4.91. The highest BCUT2D eigenvalue weighted by Gasteiger charge is 2.21. The van der Waals surface area contributed by atoms with Crippen LogP contribution >= 0.6 is 0 Å². The minimum absolute atomic E-state index is 0.130. The number of hydrogen-bond acceptors (Lipinski definition) is 5. The highest BCUT2D eigenvalue weighted by atomic mass is 16.5. The first-order chi connectivity index (χ1) is 8.86. The second-order valence-electron chi connectivity index (χ2n) is 5.37. The highest BCUT2D eigenvalue weighted by molar-refractivity contribution is 5.90. The van der Waals surface area contributed by atoms with Gasteiger partial charge >= 0.3 is 0 Å². The van der Waals surface area contributed by atoms with Crippen LogP contribution in [0, 0.1) is 6.92 Å². The van der Waals surface area contributed by atoms with Crippen LogP contribution in [0.4, 0.5) is 0 Å². The van der Waals surface area contributed by atoms with Crippen molar-refractivity contribution in [3.63, 3.8) is 0 Å². The Morgan fingerprint density at radius 2 is 2.21 bits per heavy atom. The summed E-state index contributed by atoms with van der Waals surface area (Å²) in [6.45, 7) is 8.06. The summed E-state index contributed by atoms with van der Waals surface area (Å²) in [4.78, 5) is 16.0. The third kappa shape index (κ3) is 3.18. The number of aromatic nitrogens is 4. The van der Waals surface area contributed by atoms with Gasteiger partial charge in [-0.15, -0.1) is 5.10 Å². The first kappa shape index (κ1) is 13.3. The molecule has 0 aliphatic rings. The quantitative estimate of drug-likeness (QED) is 0.870. The van der Waals surface area contributed by atoms with Crippen LogP contribution in [0.1, 0.15) is 48.7 Å². The van der Waals surface area contributed by atoms with Gasteiger partial charge in [0, 0.05) is 11.5 Å². The lowest BCUT2D eigenvalue weighted by Gasteiger charge is -2.12. The lowest BCUT2D eigenvalue weighted by atomic mass is 9.96. The molecule has 0 saturated heterocycles. The number of aryl methyl sites for hydroxylation is 1. The second kappa shape index (κ2) is 4.83. The maximum absolute atomic E-state index is 11.9. The second-order valence-corrected chi connectivity index (χ2v) is 5.37. The third-order valence-electron chi connectivity index (χ3n) is 2.51. The van der Waals surface area contributed by atoms with Gasteiger partial charge in [0.25, 0.3) is 5.91 Å². The van der Waals surface area contributed by atoms with Crippen LogP contribution in [0.5, 0.6) is 0 Å². The summed E-state index contributed by atoms with van der Waals surface area (Å²) in [5, 5.41) is 13.2. The molecule has 0 aliphatic heterocycles. The molecule has 0 unspecified atom stereocenters. The molecular weight excluding hydrogens is 246 g/mol. The Morgan fingerprint density at radius 3 is 2.74 bits per heavy atom. The van der Waals surface area contributed by atoms with E-state index >= 15 is 0 Å². The first-order valence-corrected chi connectivity index (χ1v) is 5.99. The highest BCUT2D eigenvalue weighted by Crippen LogP contribution is 2.17. The Labute approximate surface area is 110 Å². The molecule has 0 bridgehead atoms. The maximum Gasteiger partial charge on any atom is 0.291 e. The molecule has 2 N–H and O–H groups in total. The molecule has 2 aromatic heterocycles. The van der Waals surface area contributed by atoms with Crippen molar-refractivity contribution in [3.05, 3.63) is 29.2 Å². The van der Waals surface area contributed by atoms with Crippen molar-refractivity contribution in [2.24, 2.45) is 0 Å². The first-order valence-electron chi connectivity index (χ1n) is 5.99. The molecule has 0 fully saturated rings. The van der Waals surface area contributed by atoms with E-state index < -0.39 is 0 Å². The van der Waals surface area contributed by atoms with Gasteiger partial charge in [-0.2, -0.15) is 0 Å². The van der Waals surface area contributed by atoms with Gasteiger partial charge in [-0.05, 0) is 6.92 Å². The number of H-pyrrole nitrogens is 1. The number of nitrogens with zero attached hydrogens (tertiary/aromatic N) is 3. The van der Waals surface area contributed by atoms with E-state index in [0.717, 1.165) is 0 Å². The molecule has 0 radical (unpaired) electrons. The Hall–Kier alpha value is -2.18. The SMILES string of the molecule is Cc1cc(CNC(=O)c2n[nH]c(C(C)(C)C)n2)no1. The van der Waals surface area contributed by atoms with Crippen molar-refractivity contribution in [1.29, 1.82) is 0 Å². The predicted molar refractivity (Wildman–Crippen MR) is 67.5 cm³/mol. The zero-order valence-corrected chi connectivity index (χ0v) is 11.4. The molecule has 0 saturated carbocycles. The van der Waals surface area contributed by atoms with Gasteiger partial charge in [0.15, 0.2) is 0 Å². The molecule has 102 valence electrons. The van der Waals surface area contributed by atoms with Crippen LogP contribution in [-0.2, 0) is 12.0 Å². The summed E-state index contributed by atoms with van der Waals surface area (Å²) in [5.41, 5.74) is 0.492. The van der Waals surface area contributed by atoms with E-state index in [4.69, 9.17) is 4.52 Å². The number of aromatic amines is 1. The van der Waals surface area contributed by atoms with Gasteiger partial charge in [-0.1, -0.05) is 25.9 Å². The van der Waals surface area contributed by atoms with Crippen molar-refractivity contribution in [2.45, 2.75) is 39.7 Å². The van der Waals surface area contributed by atoms with E-state index in [1.165, 1.54) is 0 Å². The average molecular weight is 263 g/mol. The van der Waals surface area contributed by atoms with Crippen LogP contribution in [0.25, 0.3) is 0 Å². The van der Waals surface area contributed by atoms with E-state index in [-0.39, 0.29) is 23.7 Å². The Balaban J connectivity index is 1.98. The normalized spacial score (nSPS) is 11.6. The zero-order valence-electron chi connectivity index (χ0n) is 11.4. The zero-order chi connectivity index (χ0) is 14.0. The molecule has 1 amide bonds. The number of hydrogen-bond donors (Lipinski definition) is 2. The van der Waals surface area contributed by atoms with E-state index in [1.54, 1.807) is 13.0 Å². The van der Waals surface area contributed by atoms with Crippen molar-refractivity contribution in [3.8, 4) is 0 Å². The molecular formula is C12H17N5O2. The minimum Gasteiger partial charge on any atom is -0.361 e. The van der Waals surface area contributed by atoms with E-state index in [9.17, 15) is 4.79 Å². The van der Waals surface area contributed by atoms with Crippen LogP contribution in [0.3, 0.4) is 0 Å². The molecule has 7 nitrogen and oxygen atoms in total. The molecule has 0 spiro atoms. The lowest BCUT2D eigenvalue weighted by molar-refractivity contribution is 0.0940. The van der Waals surface area contributed by atoms with Crippen molar-refractivity contribution in [2.75, 3.05) is 0 Å². The summed E-state index contributed by atoms with van der Waals surface area (Å²) in [5.74, 6) is 1.17. The fourth-order valence-corrected chi connectivity index (χ4v) is 1.45. The van der Waals surface area contributed by atoms with E-state index in [1.807, 2.05) is 20.8 Å². The summed E-state index contributed by atoms with van der Waals surface area (Å²) in [6, 6.07) is 1.76. The monoisotopic (exact) mass is 263 g/mol. The molecule has 2 heterocycles. The van der Waals surface area contributed by atoms with Crippen LogP contribution in [0.15, 0.2) is 10.6 Å². The van der Waals surface area contributed by atoms with Gasteiger partial charge in [-0.3, -0.25) is 9.89 Å². The van der Waals surface area contributed by atoms with Gasteiger partial charge in [-0.25, -0.2) is 4.98 Å². The number of carbonyl (C=O) groups excluding carboxylic acids is 1. The van der Waals surface area contributed by atoms with Gasteiger partial charge in [0.2, 0.25) is 5.82 Å². The Morgan fingerprint density at radius 1 is 1.47 bits per heavy atom. The summed E-state index contributed by atoms with van der Waals surface area (Å²) >= 11 is 0. The average Bonchev–Trinajstić information content (AvgIpc) is 2.93. The maximum atomic E-state index is 11.9. The number of carbonyl (C=O) groups is 1. The van der Waals surface area contributed by atoms with Crippen LogP contribution < -0.4 is 5.32 Å². The largest absolute Gasteiger partial charge is 0.361 e. The van der Waals surface area contributed by atoms with Crippen LogP contribution in [-0.4, -0.2) is 26.2 Å². The minimum atomic E-state index is -0.340. The molecule has 2 aromatic rings. The van der Waals surface area contributed by atoms with Crippen molar-refractivity contribution in [1.82, 2.24) is 25.7 Å². The molecule has 0 atom stereocenters. The van der Waals surface area contributed by atoms with Gasteiger partial charge in [0.05, 0.1) is 6.54 Å². The number of nitrogens with one attached hydrogen (secondary N) is 2. The molecule has 2 rings (SSSR count). The number of rotatable bonds is 3. The summed E-state index contributed by atoms with van der Waals surface area (Å²) in [7, 11) is 0. The smallest absolute Gasteiger partial charge is 0.291 e. The van der Waals surface area contributed by atoms with Crippen LogP contribution in [0.2, 0.25) is 0 Å². The van der Waals surface area contributed by atoms with Gasteiger partial charge < -0.3 is 9.84 Å². The molecule has 0 aromatic carbocycles. The predicted octanol–water partition coefficient (Wildman–Crippen LogP) is 1.33. The molecule has 19 heavy (non-hydrogen) atoms. The topological polar surface area (TPSA) is 96.7 Å². The summed E-state index contributed by atoms with van der Waals surface area (Å²) in [6.07, 6.45) is 0. The Kier molecular flexibility index (Phi) is 3.37. The van der Waals surface area contributed by atoms with Crippen molar-refractivity contribution >= 4 is 5.91 Å². The fourth-order valence-electron chi connectivity index (χ4n) is 1.45. The molecule has 0 aliphatic carbocycles. The van der Waals surface area contributed by atoms with E-state index in [0.29, 0.717) is 17.3 Å². The number of amides is 1. The standard InChI is InChI=1S/C12H17N5O2/c1-7-5-8(17-19-7)6-13-10(18)9-14-11(16-15-9)12(2,3)4/h5H,6H2,1-4H3,(H,13,18)(H,14,15,16). The van der Waals surface area contributed by atoms with Crippen molar-refractivity contribution < 1.29 is 9.32 Å². The lowest BCUT2D eigenvalue weighted by Crippen LogP contribution is -2.24. The third-order valence-corrected chi connectivity index (χ3v) is 2.51. The fraction of sp³-hybridized carbons (Fsp3) is 0.500.